The van der Waals surface area contributed by atoms with E-state index in [1.54, 1.807) is 0 Å². The zero-order chi connectivity index (χ0) is 37.1. The molecule has 2 aliphatic rings. The Kier molecular flexibility index (Phi) is 21.5. The Hall–Kier alpha value is -1.98. The second kappa shape index (κ2) is 24.3. The van der Waals surface area contributed by atoms with Gasteiger partial charge in [-0.15, -0.1) is 0 Å². The molecule has 290 valence electrons. The van der Waals surface area contributed by atoms with Gasteiger partial charge in [0.05, 0.1) is 19.3 Å². The Balaban J connectivity index is 1.75. The van der Waals surface area contributed by atoms with E-state index in [2.05, 4.69) is 18.7 Å². The highest BCUT2D eigenvalue weighted by molar-refractivity contribution is 5.86. The van der Waals surface area contributed by atoms with Gasteiger partial charge in [-0.3, -0.25) is 4.79 Å². The largest absolute Gasteiger partial charge is 0.466 e. The number of carbonyl (C=O) groups is 2. The molecule has 2 aliphatic heterocycles. The zero-order valence-corrected chi connectivity index (χ0v) is 30.0. The van der Waals surface area contributed by atoms with Crippen LogP contribution in [0.3, 0.4) is 0 Å². The highest BCUT2D eigenvalue weighted by Crippen LogP contribution is 2.31. The second-order valence-corrected chi connectivity index (χ2v) is 13.2. The second-order valence-electron chi connectivity index (χ2n) is 13.2. The van der Waals surface area contributed by atoms with Crippen LogP contribution in [-0.4, -0.2) is 130 Å². The van der Waals surface area contributed by atoms with Gasteiger partial charge in [-0.25, -0.2) is 4.79 Å². The summed E-state index contributed by atoms with van der Waals surface area (Å²) in [7, 11) is 0. The monoisotopic (exact) mass is 718 g/mol. The minimum absolute atomic E-state index is 0.109. The van der Waals surface area contributed by atoms with Gasteiger partial charge in [0.15, 0.2) is 12.6 Å². The molecule has 0 aromatic carbocycles. The molecule has 2 saturated heterocycles. The summed E-state index contributed by atoms with van der Waals surface area (Å²) in [5, 5.41) is 62.6. The van der Waals surface area contributed by atoms with Crippen molar-refractivity contribution in [2.75, 3.05) is 19.8 Å². The summed E-state index contributed by atoms with van der Waals surface area (Å²) in [6.45, 7) is 7.92. The molecule has 0 saturated carbocycles. The minimum Gasteiger partial charge on any atom is -0.466 e. The molecular weight excluding hydrogens is 656 g/mol. The topological polar surface area (TPSA) is 211 Å². The van der Waals surface area contributed by atoms with Gasteiger partial charge in [0.2, 0.25) is 0 Å². The maximum atomic E-state index is 11.8. The van der Waals surface area contributed by atoms with Crippen LogP contribution in [0.1, 0.15) is 104 Å². The van der Waals surface area contributed by atoms with E-state index in [0.29, 0.717) is 19.4 Å². The number of esters is 2. The van der Waals surface area contributed by atoms with Crippen molar-refractivity contribution in [1.29, 1.82) is 0 Å². The van der Waals surface area contributed by atoms with Crippen molar-refractivity contribution >= 4 is 11.9 Å². The molecule has 1 unspecified atom stereocenters. The number of rotatable bonds is 24. The highest BCUT2D eigenvalue weighted by atomic mass is 16.8. The molecule has 2 rings (SSSR count). The van der Waals surface area contributed by atoms with E-state index >= 15 is 0 Å². The lowest BCUT2D eigenvalue weighted by Crippen LogP contribution is -2.65. The SMILES string of the molecule is C=C(C)C(=O)OC[C@H]1O[C@@H](O[C@H]2[C@H](OC(C)CCCCCC/C=C/CCCCCCCC(=O)OCC)O[C@H](CO)[C@@H](O)[C@@H]2O)[C@H](O)[C@@H](O)[C@@H]1O. The fraction of sp³-hybridized carbons (Fsp3) is 0.833. The molecule has 2 heterocycles. The van der Waals surface area contributed by atoms with Crippen LogP contribution in [0.15, 0.2) is 24.3 Å². The third kappa shape index (κ3) is 15.3. The van der Waals surface area contributed by atoms with Crippen LogP contribution in [0.4, 0.5) is 0 Å². The highest BCUT2D eigenvalue weighted by Gasteiger charge is 2.51. The lowest BCUT2D eigenvalue weighted by Gasteiger charge is -2.46. The van der Waals surface area contributed by atoms with Crippen LogP contribution < -0.4 is 0 Å². The number of allylic oxidation sites excluding steroid dienone is 2. The van der Waals surface area contributed by atoms with E-state index in [4.69, 9.17) is 28.4 Å². The summed E-state index contributed by atoms with van der Waals surface area (Å²) in [6.07, 6.45) is 1.55. The van der Waals surface area contributed by atoms with Gasteiger partial charge < -0.3 is 59.1 Å². The molecule has 0 aromatic rings. The number of carbonyl (C=O) groups excluding carboxylic acids is 2. The summed E-state index contributed by atoms with van der Waals surface area (Å²) in [5.74, 6) is -0.853. The number of aliphatic hydroxyl groups excluding tert-OH is 6. The van der Waals surface area contributed by atoms with Gasteiger partial charge in [-0.05, 0) is 59.3 Å². The smallest absolute Gasteiger partial charge is 0.333 e. The Morgan fingerprint density at radius 2 is 1.34 bits per heavy atom. The number of hydrogen-bond donors (Lipinski definition) is 6. The summed E-state index contributed by atoms with van der Waals surface area (Å²) in [5.41, 5.74) is 0.111. The molecular formula is C36H62O14. The van der Waals surface area contributed by atoms with Crippen LogP contribution in [0.2, 0.25) is 0 Å². The van der Waals surface area contributed by atoms with Crippen LogP contribution in [0.25, 0.3) is 0 Å². The number of hydrogen-bond acceptors (Lipinski definition) is 14. The summed E-state index contributed by atoms with van der Waals surface area (Å²) >= 11 is 0. The van der Waals surface area contributed by atoms with Crippen LogP contribution in [-0.2, 0) is 38.0 Å². The normalized spacial score (nSPS) is 30.7. The summed E-state index contributed by atoms with van der Waals surface area (Å²) in [6, 6.07) is 0. The van der Waals surface area contributed by atoms with Crippen LogP contribution >= 0.6 is 0 Å². The van der Waals surface area contributed by atoms with Crippen molar-refractivity contribution in [3.05, 3.63) is 24.3 Å². The number of aliphatic hydroxyl groups is 6. The number of ether oxygens (including phenoxy) is 6. The lowest BCUT2D eigenvalue weighted by atomic mass is 9.97. The van der Waals surface area contributed by atoms with Crippen molar-refractivity contribution in [2.45, 2.75) is 172 Å². The van der Waals surface area contributed by atoms with Gasteiger partial charge in [-0.2, -0.15) is 0 Å². The first-order valence-electron chi connectivity index (χ1n) is 18.2. The molecule has 0 bridgehead atoms. The maximum absolute atomic E-state index is 11.8. The fourth-order valence-electron chi connectivity index (χ4n) is 5.79. The van der Waals surface area contributed by atoms with Gasteiger partial charge in [0.25, 0.3) is 0 Å². The molecule has 14 heteroatoms. The fourth-order valence-corrected chi connectivity index (χ4v) is 5.79. The molecule has 0 amide bonds. The lowest BCUT2D eigenvalue weighted by molar-refractivity contribution is -0.371. The quantitative estimate of drug-likeness (QED) is 0.0366. The van der Waals surface area contributed by atoms with Crippen LogP contribution in [0, 0.1) is 0 Å². The van der Waals surface area contributed by atoms with Crippen molar-refractivity contribution < 1.29 is 68.6 Å². The summed E-state index contributed by atoms with van der Waals surface area (Å²) < 4.78 is 33.2. The third-order valence-electron chi connectivity index (χ3n) is 8.83. The van der Waals surface area contributed by atoms with Gasteiger partial charge in [0, 0.05) is 12.0 Å². The molecule has 0 aromatic heterocycles. The average Bonchev–Trinajstić information content (AvgIpc) is 3.08. The van der Waals surface area contributed by atoms with E-state index in [1.165, 1.54) is 6.92 Å². The first-order valence-corrected chi connectivity index (χ1v) is 18.2. The van der Waals surface area contributed by atoms with E-state index in [9.17, 15) is 40.2 Å². The van der Waals surface area contributed by atoms with Crippen LogP contribution in [0.5, 0.6) is 0 Å². The van der Waals surface area contributed by atoms with Crippen molar-refractivity contribution in [1.82, 2.24) is 0 Å². The first-order chi connectivity index (χ1) is 23.9. The molecule has 0 spiro atoms. The Bertz CT molecular complexity index is 1010. The standard InChI is InChI=1S/C36H62O14/c1-5-45-27(38)20-18-16-14-12-10-8-6-7-9-11-13-15-17-19-24(4)47-36-33(31(42)28(39)25(21-37)48-36)50-35-32(43)30(41)29(40)26(49-35)22-46-34(44)23(2)3/h6-7,24-26,28-33,35-37,39-43H,2,5,8-22H2,1,3-4H3/b7-6+/t24?,25-,26-,28-,29-,30+,31+,32-,33-,35+,36-/m1/s1. The van der Waals surface area contributed by atoms with E-state index in [-0.39, 0.29) is 17.6 Å². The zero-order valence-electron chi connectivity index (χ0n) is 30.0. The Morgan fingerprint density at radius 3 is 1.96 bits per heavy atom. The molecule has 0 aliphatic carbocycles. The van der Waals surface area contributed by atoms with E-state index in [1.807, 2.05) is 13.8 Å². The van der Waals surface area contributed by atoms with Crippen molar-refractivity contribution in [3.8, 4) is 0 Å². The van der Waals surface area contributed by atoms with Gasteiger partial charge in [-0.1, -0.05) is 57.3 Å². The minimum atomic E-state index is -1.77. The van der Waals surface area contributed by atoms with Gasteiger partial charge in [0.1, 0.15) is 55.4 Å². The Labute approximate surface area is 296 Å². The maximum Gasteiger partial charge on any atom is 0.333 e. The molecule has 2 fully saturated rings. The molecule has 6 N–H and O–H groups in total. The first kappa shape index (κ1) is 44.2. The number of unbranched alkanes of at least 4 members (excludes halogenated alkanes) is 9. The predicted molar refractivity (Wildman–Crippen MR) is 181 cm³/mol. The third-order valence-corrected chi connectivity index (χ3v) is 8.83. The molecule has 50 heavy (non-hydrogen) atoms. The molecule has 0 radical (unpaired) electrons. The van der Waals surface area contributed by atoms with Gasteiger partial charge >= 0.3 is 11.9 Å². The Morgan fingerprint density at radius 1 is 0.760 bits per heavy atom. The van der Waals surface area contributed by atoms with Crippen molar-refractivity contribution in [3.63, 3.8) is 0 Å². The van der Waals surface area contributed by atoms with Crippen molar-refractivity contribution in [2.24, 2.45) is 0 Å². The molecule has 14 nitrogen and oxygen atoms in total. The average molecular weight is 719 g/mol. The summed E-state index contributed by atoms with van der Waals surface area (Å²) in [4.78, 5) is 23.2. The van der Waals surface area contributed by atoms with E-state index in [0.717, 1.165) is 70.6 Å². The van der Waals surface area contributed by atoms with E-state index < -0.39 is 80.6 Å². The molecule has 11 atom stereocenters. The predicted octanol–water partition coefficient (Wildman–Crippen LogP) is 2.33.